The number of aromatic amines is 1. The zero-order valence-corrected chi connectivity index (χ0v) is 15.0. The lowest BCUT2D eigenvalue weighted by Gasteiger charge is -2.38. The van der Waals surface area contributed by atoms with Crippen LogP contribution in [0.4, 0.5) is 0 Å². The molecule has 0 aromatic carbocycles. The topological polar surface area (TPSA) is 88.4 Å². The van der Waals surface area contributed by atoms with Crippen molar-refractivity contribution >= 4 is 5.52 Å². The summed E-state index contributed by atoms with van der Waals surface area (Å²) in [6.07, 6.45) is 5.30. The van der Waals surface area contributed by atoms with Crippen molar-refractivity contribution in [2.24, 2.45) is 0 Å². The average molecular weight is 366 g/mol. The van der Waals surface area contributed by atoms with Crippen LogP contribution in [-0.4, -0.2) is 55.8 Å². The molecule has 0 radical (unpaired) electrons. The Kier molecular flexibility index (Phi) is 4.21. The van der Waals surface area contributed by atoms with Crippen molar-refractivity contribution in [2.45, 2.75) is 31.2 Å². The molecule has 2 fully saturated rings. The van der Waals surface area contributed by atoms with E-state index in [1.165, 1.54) is 0 Å². The van der Waals surface area contributed by atoms with Gasteiger partial charge in [-0.2, -0.15) is 5.10 Å². The summed E-state index contributed by atoms with van der Waals surface area (Å²) in [4.78, 5) is 26.6. The minimum Gasteiger partial charge on any atom is -0.381 e. The molecule has 3 aromatic heterocycles. The second-order valence-corrected chi connectivity index (χ2v) is 7.35. The first-order chi connectivity index (χ1) is 13.3. The zero-order valence-electron chi connectivity index (χ0n) is 15.0. The lowest BCUT2D eigenvalue weighted by molar-refractivity contribution is 0.0832. The fourth-order valence-electron chi connectivity index (χ4n) is 3.98. The number of H-pyrrole nitrogens is 1. The van der Waals surface area contributed by atoms with E-state index in [4.69, 9.17) is 9.84 Å². The van der Waals surface area contributed by atoms with Crippen molar-refractivity contribution in [1.29, 1.82) is 0 Å². The van der Waals surface area contributed by atoms with E-state index in [0.717, 1.165) is 50.7 Å². The number of pyridine rings is 1. The number of nitrogens with zero attached hydrogens (tertiary/aromatic N) is 5. The van der Waals surface area contributed by atoms with E-state index >= 15 is 0 Å². The van der Waals surface area contributed by atoms with Crippen LogP contribution in [-0.2, 0) is 11.3 Å². The minimum absolute atomic E-state index is 0.132. The second kappa shape index (κ2) is 6.86. The molecule has 5 heterocycles. The first-order valence-corrected chi connectivity index (χ1v) is 9.46. The number of aromatic nitrogens is 5. The van der Waals surface area contributed by atoms with E-state index in [9.17, 15) is 4.79 Å². The fourth-order valence-corrected chi connectivity index (χ4v) is 3.98. The zero-order chi connectivity index (χ0) is 18.2. The van der Waals surface area contributed by atoms with Crippen LogP contribution in [0.15, 0.2) is 35.4 Å². The Labute approximate surface area is 156 Å². The second-order valence-electron chi connectivity index (χ2n) is 7.35. The molecular weight excluding hydrogens is 344 g/mol. The lowest BCUT2D eigenvalue weighted by Crippen LogP contribution is -2.45. The normalized spacial score (nSPS) is 19.4. The molecule has 2 saturated heterocycles. The number of fused-ring (bicyclic) bond motifs is 1. The van der Waals surface area contributed by atoms with Crippen LogP contribution in [0.3, 0.4) is 0 Å². The predicted molar refractivity (Wildman–Crippen MR) is 98.7 cm³/mol. The van der Waals surface area contributed by atoms with Gasteiger partial charge in [-0.05, 0) is 25.0 Å². The van der Waals surface area contributed by atoms with Crippen molar-refractivity contribution in [1.82, 2.24) is 29.5 Å². The molecule has 140 valence electrons. The highest BCUT2D eigenvalue weighted by atomic mass is 16.5. The van der Waals surface area contributed by atoms with Gasteiger partial charge < -0.3 is 9.72 Å². The standard InChI is InChI=1S/C19H22N6O2/c26-19-16-9-21-18(13-4-7-27-8-5-13)25(16)23-17(22-19)12-24-10-14(11-24)15-3-1-2-6-20-15/h1-3,6,9,13-14H,4-5,7-8,10-12H2,(H,22,23,26). The monoisotopic (exact) mass is 366 g/mol. The summed E-state index contributed by atoms with van der Waals surface area (Å²) in [7, 11) is 0. The van der Waals surface area contributed by atoms with Gasteiger partial charge in [0.05, 0.1) is 12.7 Å². The van der Waals surface area contributed by atoms with Gasteiger partial charge in [-0.15, -0.1) is 0 Å². The molecule has 0 amide bonds. The van der Waals surface area contributed by atoms with Gasteiger partial charge in [-0.25, -0.2) is 9.50 Å². The molecule has 0 saturated carbocycles. The molecule has 2 aliphatic heterocycles. The van der Waals surface area contributed by atoms with Crippen molar-refractivity contribution in [3.63, 3.8) is 0 Å². The molecule has 27 heavy (non-hydrogen) atoms. The third-order valence-corrected chi connectivity index (χ3v) is 5.50. The van der Waals surface area contributed by atoms with Crippen molar-refractivity contribution in [2.75, 3.05) is 26.3 Å². The van der Waals surface area contributed by atoms with E-state index < -0.39 is 0 Å². The van der Waals surface area contributed by atoms with Crippen LogP contribution in [0.5, 0.6) is 0 Å². The SMILES string of the molecule is O=c1[nH]c(CN2CC(c3ccccn3)C2)nn2c(C3CCOCC3)ncc12. The summed E-state index contributed by atoms with van der Waals surface area (Å²) in [6, 6.07) is 6.03. The minimum atomic E-state index is -0.132. The van der Waals surface area contributed by atoms with E-state index in [0.29, 0.717) is 29.7 Å². The third kappa shape index (κ3) is 3.15. The average Bonchev–Trinajstić information content (AvgIpc) is 3.10. The molecule has 0 spiro atoms. The summed E-state index contributed by atoms with van der Waals surface area (Å²) in [5.74, 6) is 2.29. The molecule has 3 aromatic rings. The number of imidazole rings is 1. The van der Waals surface area contributed by atoms with E-state index in [-0.39, 0.29) is 5.56 Å². The Morgan fingerprint density at radius 3 is 2.78 bits per heavy atom. The molecule has 0 atom stereocenters. The maximum Gasteiger partial charge on any atom is 0.276 e. The molecule has 1 N–H and O–H groups in total. The van der Waals surface area contributed by atoms with Crippen molar-refractivity contribution in [3.8, 4) is 0 Å². The number of nitrogens with one attached hydrogen (secondary N) is 1. The molecular formula is C19H22N6O2. The van der Waals surface area contributed by atoms with Gasteiger partial charge in [0.15, 0.2) is 5.52 Å². The summed E-state index contributed by atoms with van der Waals surface area (Å²) in [6.45, 7) is 3.95. The number of hydrogen-bond acceptors (Lipinski definition) is 6. The van der Waals surface area contributed by atoms with Gasteiger partial charge in [0, 0.05) is 50.0 Å². The third-order valence-electron chi connectivity index (χ3n) is 5.50. The predicted octanol–water partition coefficient (Wildman–Crippen LogP) is 1.31. The summed E-state index contributed by atoms with van der Waals surface area (Å²) >= 11 is 0. The Bertz CT molecular complexity index is 986. The number of ether oxygens (including phenoxy) is 1. The van der Waals surface area contributed by atoms with Crippen LogP contribution in [0.25, 0.3) is 5.52 Å². The number of rotatable bonds is 4. The van der Waals surface area contributed by atoms with Crippen LogP contribution >= 0.6 is 0 Å². The fraction of sp³-hybridized carbons (Fsp3) is 0.474. The Morgan fingerprint density at radius 2 is 2.00 bits per heavy atom. The first kappa shape index (κ1) is 16.6. The maximum absolute atomic E-state index is 12.5. The number of likely N-dealkylation sites (tertiary alicyclic amines) is 1. The molecule has 2 aliphatic rings. The van der Waals surface area contributed by atoms with Gasteiger partial charge >= 0.3 is 0 Å². The van der Waals surface area contributed by atoms with Gasteiger partial charge in [0.1, 0.15) is 11.6 Å². The highest BCUT2D eigenvalue weighted by Gasteiger charge is 2.30. The van der Waals surface area contributed by atoms with Gasteiger partial charge in [-0.1, -0.05) is 6.07 Å². The van der Waals surface area contributed by atoms with E-state index in [1.807, 2.05) is 18.3 Å². The molecule has 8 heteroatoms. The van der Waals surface area contributed by atoms with Gasteiger partial charge in [0.2, 0.25) is 0 Å². The smallest absolute Gasteiger partial charge is 0.276 e. The van der Waals surface area contributed by atoms with Crippen molar-refractivity contribution in [3.05, 3.63) is 58.3 Å². The lowest BCUT2D eigenvalue weighted by atomic mass is 9.96. The molecule has 0 bridgehead atoms. The van der Waals surface area contributed by atoms with Gasteiger partial charge in [-0.3, -0.25) is 14.7 Å². The first-order valence-electron chi connectivity index (χ1n) is 9.46. The molecule has 0 aliphatic carbocycles. The highest BCUT2D eigenvalue weighted by molar-refractivity contribution is 5.42. The summed E-state index contributed by atoms with van der Waals surface area (Å²) in [5.41, 5.74) is 1.50. The van der Waals surface area contributed by atoms with Crippen LogP contribution in [0, 0.1) is 0 Å². The van der Waals surface area contributed by atoms with Crippen LogP contribution < -0.4 is 5.56 Å². The number of hydrogen-bond donors (Lipinski definition) is 1. The maximum atomic E-state index is 12.5. The summed E-state index contributed by atoms with van der Waals surface area (Å²) < 4.78 is 7.18. The Morgan fingerprint density at radius 1 is 1.15 bits per heavy atom. The highest BCUT2D eigenvalue weighted by Crippen LogP contribution is 2.27. The van der Waals surface area contributed by atoms with Crippen LogP contribution in [0.1, 0.15) is 42.0 Å². The van der Waals surface area contributed by atoms with E-state index in [2.05, 4.69) is 25.9 Å². The van der Waals surface area contributed by atoms with Crippen LogP contribution in [0.2, 0.25) is 0 Å². The van der Waals surface area contributed by atoms with Crippen molar-refractivity contribution < 1.29 is 4.74 Å². The van der Waals surface area contributed by atoms with E-state index in [1.54, 1.807) is 10.7 Å². The molecule has 5 rings (SSSR count). The largest absolute Gasteiger partial charge is 0.381 e. The quantitative estimate of drug-likeness (QED) is 0.749. The molecule has 8 nitrogen and oxygen atoms in total. The van der Waals surface area contributed by atoms with Gasteiger partial charge in [0.25, 0.3) is 5.56 Å². The Hall–Kier alpha value is -2.58. The Balaban J connectivity index is 1.34. The molecule has 0 unspecified atom stereocenters. The summed E-state index contributed by atoms with van der Waals surface area (Å²) in [5, 5.41) is 4.69.